The monoisotopic (exact) mass is 480 g/mol. The van der Waals surface area contributed by atoms with Crippen molar-refractivity contribution >= 4 is 44.6 Å². The molecule has 0 aromatic heterocycles. The highest BCUT2D eigenvalue weighted by Crippen LogP contribution is 2.47. The van der Waals surface area contributed by atoms with Crippen molar-refractivity contribution in [2.75, 3.05) is 21.3 Å². The summed E-state index contributed by atoms with van der Waals surface area (Å²) >= 11 is 0. The Bertz CT molecular complexity index is 1650. The van der Waals surface area contributed by atoms with Gasteiger partial charge in [-0.15, -0.1) is 0 Å². The molecular formula is C29H20O7. The SMILES string of the molecule is COc1cc(C2=C3OC(=O)C(c4ccc5cc6ccccc6cc5c4)=C3OC2=O)cc(OC)c1OC. The minimum absolute atomic E-state index is 0.0767. The van der Waals surface area contributed by atoms with Crippen molar-refractivity contribution in [1.29, 1.82) is 0 Å². The molecule has 2 heterocycles. The van der Waals surface area contributed by atoms with E-state index in [1.165, 1.54) is 21.3 Å². The van der Waals surface area contributed by atoms with E-state index in [4.69, 9.17) is 23.7 Å². The van der Waals surface area contributed by atoms with Crippen molar-refractivity contribution < 1.29 is 33.3 Å². The molecule has 0 N–H and O–H groups in total. The quantitative estimate of drug-likeness (QED) is 0.285. The zero-order valence-electron chi connectivity index (χ0n) is 19.7. The fraction of sp³-hybridized carbons (Fsp3) is 0.103. The lowest BCUT2D eigenvalue weighted by Crippen LogP contribution is -2.05. The van der Waals surface area contributed by atoms with Gasteiger partial charge in [0, 0.05) is 5.56 Å². The number of hydrogen-bond donors (Lipinski definition) is 0. The Hall–Kier alpha value is -4.78. The van der Waals surface area contributed by atoms with Crippen molar-refractivity contribution in [2.45, 2.75) is 0 Å². The van der Waals surface area contributed by atoms with Crippen LogP contribution in [0, 0.1) is 0 Å². The van der Waals surface area contributed by atoms with Crippen LogP contribution in [-0.2, 0) is 19.1 Å². The zero-order valence-corrected chi connectivity index (χ0v) is 19.7. The zero-order chi connectivity index (χ0) is 25.0. The van der Waals surface area contributed by atoms with Crippen molar-refractivity contribution in [3.63, 3.8) is 0 Å². The second-order valence-electron chi connectivity index (χ2n) is 8.36. The second kappa shape index (κ2) is 8.16. The van der Waals surface area contributed by atoms with Crippen LogP contribution in [0.5, 0.6) is 17.2 Å². The van der Waals surface area contributed by atoms with Crippen LogP contribution in [0.25, 0.3) is 32.7 Å². The molecule has 2 aliphatic rings. The normalized spacial score (nSPS) is 14.9. The van der Waals surface area contributed by atoms with Crippen LogP contribution in [0.3, 0.4) is 0 Å². The summed E-state index contributed by atoms with van der Waals surface area (Å²) in [6, 6.07) is 21.1. The summed E-state index contributed by atoms with van der Waals surface area (Å²) in [7, 11) is 4.45. The molecule has 0 fully saturated rings. The van der Waals surface area contributed by atoms with E-state index in [-0.39, 0.29) is 22.7 Å². The Kier molecular flexibility index (Phi) is 4.93. The summed E-state index contributed by atoms with van der Waals surface area (Å²) in [5.41, 5.74) is 1.33. The van der Waals surface area contributed by atoms with E-state index in [2.05, 4.69) is 18.2 Å². The Labute approximate surface area is 206 Å². The first-order valence-electron chi connectivity index (χ1n) is 11.2. The highest BCUT2D eigenvalue weighted by atomic mass is 16.6. The van der Waals surface area contributed by atoms with Crippen molar-refractivity contribution in [3.8, 4) is 17.2 Å². The predicted octanol–water partition coefficient (Wildman–Crippen LogP) is 5.25. The Balaban J connectivity index is 1.51. The van der Waals surface area contributed by atoms with Gasteiger partial charge in [-0.05, 0) is 57.4 Å². The van der Waals surface area contributed by atoms with E-state index in [0.717, 1.165) is 21.5 Å². The van der Waals surface area contributed by atoms with Gasteiger partial charge in [-0.2, -0.15) is 0 Å². The van der Waals surface area contributed by atoms with E-state index < -0.39 is 11.9 Å². The second-order valence-corrected chi connectivity index (χ2v) is 8.36. The molecule has 0 unspecified atom stereocenters. The molecule has 0 aliphatic carbocycles. The van der Waals surface area contributed by atoms with E-state index in [9.17, 15) is 9.59 Å². The fourth-order valence-corrected chi connectivity index (χ4v) is 4.71. The molecule has 2 aliphatic heterocycles. The van der Waals surface area contributed by atoms with Gasteiger partial charge in [0.2, 0.25) is 5.75 Å². The molecule has 7 heteroatoms. The molecule has 0 saturated carbocycles. The molecule has 0 radical (unpaired) electrons. The predicted molar refractivity (Wildman–Crippen MR) is 134 cm³/mol. The number of carbonyl (C=O) groups excluding carboxylic acids is 2. The standard InChI is InChI=1S/C29H20O7/c1-32-21-13-20(14-22(33-2)25(21)34-3)24-27-26(35-29(24)31)23(28(30)36-27)18-9-8-17-10-15-6-4-5-7-16(15)11-19(17)12-18/h4-14H,1-3H3. The molecule has 0 saturated heterocycles. The third-order valence-corrected chi connectivity index (χ3v) is 6.41. The summed E-state index contributed by atoms with van der Waals surface area (Å²) in [5, 5.41) is 4.21. The molecule has 4 aromatic carbocycles. The van der Waals surface area contributed by atoms with Gasteiger partial charge in [0.1, 0.15) is 11.1 Å². The average Bonchev–Trinajstić information content (AvgIpc) is 3.37. The maximum Gasteiger partial charge on any atom is 0.348 e. The van der Waals surface area contributed by atoms with Crippen LogP contribution >= 0.6 is 0 Å². The lowest BCUT2D eigenvalue weighted by Gasteiger charge is -2.14. The molecular weight excluding hydrogens is 460 g/mol. The number of benzene rings is 4. The number of fused-ring (bicyclic) bond motifs is 3. The van der Waals surface area contributed by atoms with E-state index >= 15 is 0 Å². The van der Waals surface area contributed by atoms with Gasteiger partial charge in [-0.1, -0.05) is 36.4 Å². The van der Waals surface area contributed by atoms with Crippen LogP contribution in [0.15, 0.2) is 78.2 Å². The van der Waals surface area contributed by atoms with Gasteiger partial charge in [-0.25, -0.2) is 9.59 Å². The van der Waals surface area contributed by atoms with Gasteiger partial charge in [0.05, 0.1) is 21.3 Å². The number of esters is 2. The Morgan fingerprint density at radius 2 is 1.08 bits per heavy atom. The number of hydrogen-bond acceptors (Lipinski definition) is 7. The number of ether oxygens (including phenoxy) is 5. The van der Waals surface area contributed by atoms with Crippen molar-refractivity contribution in [3.05, 3.63) is 89.4 Å². The van der Waals surface area contributed by atoms with Crippen LogP contribution in [0.1, 0.15) is 11.1 Å². The largest absolute Gasteiger partial charge is 0.493 e. The Morgan fingerprint density at radius 1 is 0.556 bits per heavy atom. The molecule has 178 valence electrons. The number of methoxy groups -OCH3 is 3. The lowest BCUT2D eigenvalue weighted by molar-refractivity contribution is -0.131. The first-order valence-corrected chi connectivity index (χ1v) is 11.2. The highest BCUT2D eigenvalue weighted by molar-refractivity contribution is 6.29. The summed E-state index contributed by atoms with van der Waals surface area (Å²) in [4.78, 5) is 26.0. The minimum Gasteiger partial charge on any atom is -0.493 e. The fourth-order valence-electron chi connectivity index (χ4n) is 4.71. The van der Waals surface area contributed by atoms with Gasteiger partial charge in [-0.3, -0.25) is 0 Å². The first kappa shape index (κ1) is 21.7. The van der Waals surface area contributed by atoms with Crippen LogP contribution in [-0.4, -0.2) is 33.3 Å². The van der Waals surface area contributed by atoms with E-state index in [0.29, 0.717) is 28.4 Å². The lowest BCUT2D eigenvalue weighted by atomic mass is 9.98. The molecule has 0 amide bonds. The Morgan fingerprint density at radius 3 is 1.64 bits per heavy atom. The van der Waals surface area contributed by atoms with E-state index in [1.54, 1.807) is 12.1 Å². The molecule has 0 bridgehead atoms. The smallest absolute Gasteiger partial charge is 0.348 e. The summed E-state index contributed by atoms with van der Waals surface area (Å²) in [6.45, 7) is 0. The third kappa shape index (κ3) is 3.20. The van der Waals surface area contributed by atoms with E-state index in [1.807, 2.05) is 36.4 Å². The molecule has 6 rings (SSSR count). The topological polar surface area (TPSA) is 80.3 Å². The van der Waals surface area contributed by atoms with Gasteiger partial charge in [0.15, 0.2) is 23.0 Å². The average molecular weight is 480 g/mol. The summed E-state index contributed by atoms with van der Waals surface area (Å²) in [5.74, 6) is 0.0580. The molecule has 7 nitrogen and oxygen atoms in total. The summed E-state index contributed by atoms with van der Waals surface area (Å²) in [6.07, 6.45) is 0. The third-order valence-electron chi connectivity index (χ3n) is 6.41. The molecule has 0 atom stereocenters. The number of rotatable bonds is 5. The van der Waals surface area contributed by atoms with Gasteiger partial charge < -0.3 is 23.7 Å². The molecule has 36 heavy (non-hydrogen) atoms. The van der Waals surface area contributed by atoms with Gasteiger partial charge in [0.25, 0.3) is 0 Å². The molecule has 4 aromatic rings. The van der Waals surface area contributed by atoms with Gasteiger partial charge >= 0.3 is 11.9 Å². The highest BCUT2D eigenvalue weighted by Gasteiger charge is 2.44. The van der Waals surface area contributed by atoms with Crippen LogP contribution < -0.4 is 14.2 Å². The first-order chi connectivity index (χ1) is 17.5. The van der Waals surface area contributed by atoms with Crippen molar-refractivity contribution in [1.82, 2.24) is 0 Å². The van der Waals surface area contributed by atoms with Crippen LogP contribution in [0.2, 0.25) is 0 Å². The van der Waals surface area contributed by atoms with Crippen LogP contribution in [0.4, 0.5) is 0 Å². The molecule has 0 spiro atoms. The maximum atomic E-state index is 13.0. The number of carbonyl (C=O) groups is 2. The maximum absolute atomic E-state index is 13.0. The summed E-state index contributed by atoms with van der Waals surface area (Å²) < 4.78 is 27.4. The van der Waals surface area contributed by atoms with Crippen molar-refractivity contribution in [2.24, 2.45) is 0 Å². The minimum atomic E-state index is -0.633.